The lowest BCUT2D eigenvalue weighted by Gasteiger charge is -2.31. The van der Waals surface area contributed by atoms with E-state index in [9.17, 15) is 0 Å². The lowest BCUT2D eigenvalue weighted by atomic mass is 9.83. The summed E-state index contributed by atoms with van der Waals surface area (Å²) in [7, 11) is 0. The van der Waals surface area contributed by atoms with Crippen molar-refractivity contribution in [3.8, 4) is 0 Å². The molecule has 1 aromatic rings. The molecule has 1 aromatic heterocycles. The predicted molar refractivity (Wildman–Crippen MR) is 82.5 cm³/mol. The molecule has 0 radical (unpaired) electrons. The first-order valence-electron chi connectivity index (χ1n) is 6.74. The van der Waals surface area contributed by atoms with Crippen LogP contribution in [0.2, 0.25) is 0 Å². The average molecular weight is 376 g/mol. The summed E-state index contributed by atoms with van der Waals surface area (Å²) >= 11 is 7.00. The van der Waals surface area contributed by atoms with Crippen molar-refractivity contribution in [3.05, 3.63) is 26.9 Å². The van der Waals surface area contributed by atoms with Crippen LogP contribution < -0.4 is 5.32 Å². The number of aromatic nitrogens is 1. The van der Waals surface area contributed by atoms with E-state index in [0.717, 1.165) is 27.1 Å². The minimum Gasteiger partial charge on any atom is -0.308 e. The summed E-state index contributed by atoms with van der Waals surface area (Å²) in [6.45, 7) is 3.16. The van der Waals surface area contributed by atoms with Gasteiger partial charge in [0.15, 0.2) is 0 Å². The molecule has 1 heterocycles. The van der Waals surface area contributed by atoms with Gasteiger partial charge in [-0.15, -0.1) is 0 Å². The summed E-state index contributed by atoms with van der Waals surface area (Å²) in [4.78, 5) is 4.46. The van der Waals surface area contributed by atoms with Crippen molar-refractivity contribution in [1.82, 2.24) is 10.3 Å². The largest absolute Gasteiger partial charge is 0.308 e. The summed E-state index contributed by atoms with van der Waals surface area (Å²) in [6, 6.07) is 2.73. The number of rotatable bonds is 4. The van der Waals surface area contributed by atoms with Crippen molar-refractivity contribution < 1.29 is 0 Å². The number of pyridine rings is 1. The zero-order valence-electron chi connectivity index (χ0n) is 10.8. The van der Waals surface area contributed by atoms with E-state index in [4.69, 9.17) is 0 Å². The highest BCUT2D eigenvalue weighted by Gasteiger charge is 2.23. The van der Waals surface area contributed by atoms with Crippen LogP contribution in [0.25, 0.3) is 0 Å². The van der Waals surface area contributed by atoms with Gasteiger partial charge in [-0.2, -0.15) is 0 Å². The Morgan fingerprint density at radius 1 is 1.33 bits per heavy atom. The van der Waals surface area contributed by atoms with Crippen molar-refractivity contribution in [2.24, 2.45) is 5.92 Å². The highest BCUT2D eigenvalue weighted by atomic mass is 79.9. The van der Waals surface area contributed by atoms with Crippen LogP contribution in [0.15, 0.2) is 21.2 Å². The fraction of sp³-hybridized carbons (Fsp3) is 0.643. The lowest BCUT2D eigenvalue weighted by Crippen LogP contribution is -2.38. The van der Waals surface area contributed by atoms with E-state index in [1.54, 1.807) is 0 Å². The van der Waals surface area contributed by atoms with Crippen molar-refractivity contribution in [3.63, 3.8) is 0 Å². The summed E-state index contributed by atoms with van der Waals surface area (Å²) in [5.74, 6) is 0.841. The number of halogens is 2. The molecule has 4 heteroatoms. The van der Waals surface area contributed by atoms with Crippen LogP contribution >= 0.6 is 31.9 Å². The quantitative estimate of drug-likeness (QED) is 0.827. The fourth-order valence-corrected chi connectivity index (χ4v) is 3.89. The molecule has 1 aliphatic rings. The molecule has 2 rings (SSSR count). The van der Waals surface area contributed by atoms with E-state index in [0.29, 0.717) is 6.04 Å². The second kappa shape index (κ2) is 7.01. The van der Waals surface area contributed by atoms with Gasteiger partial charge < -0.3 is 5.32 Å². The van der Waals surface area contributed by atoms with Crippen LogP contribution in [-0.2, 0) is 6.54 Å². The molecule has 2 atom stereocenters. The van der Waals surface area contributed by atoms with Gasteiger partial charge in [0, 0.05) is 27.7 Å². The Morgan fingerprint density at radius 3 is 2.83 bits per heavy atom. The third kappa shape index (κ3) is 3.78. The highest BCUT2D eigenvalue weighted by molar-refractivity contribution is 9.11. The third-order valence-electron chi connectivity index (χ3n) is 3.85. The Hall–Kier alpha value is 0.0700. The topological polar surface area (TPSA) is 24.9 Å². The average Bonchev–Trinajstić information content (AvgIpc) is 2.38. The second-order valence-corrected chi connectivity index (χ2v) is 6.79. The van der Waals surface area contributed by atoms with Crippen LogP contribution in [0.5, 0.6) is 0 Å². The molecule has 1 N–H and O–H groups in total. The Balaban J connectivity index is 1.93. The second-order valence-electron chi connectivity index (χ2n) is 5.02. The molecule has 0 saturated heterocycles. The van der Waals surface area contributed by atoms with Crippen LogP contribution in [0.4, 0.5) is 0 Å². The maximum atomic E-state index is 4.46. The molecule has 1 fully saturated rings. The highest BCUT2D eigenvalue weighted by Crippen LogP contribution is 2.27. The monoisotopic (exact) mass is 374 g/mol. The molecule has 2 unspecified atom stereocenters. The standard InChI is InChI=1S/C14H20Br2N2/c1-2-10-5-3-4-6-13(10)18-9-14-12(16)7-11(15)8-17-14/h7-8,10,13,18H,2-6,9H2,1H3. The van der Waals surface area contributed by atoms with Crippen LogP contribution in [0.1, 0.15) is 44.7 Å². The van der Waals surface area contributed by atoms with Crippen LogP contribution in [-0.4, -0.2) is 11.0 Å². The van der Waals surface area contributed by atoms with Crippen molar-refractivity contribution >= 4 is 31.9 Å². The van der Waals surface area contributed by atoms with Gasteiger partial charge in [0.05, 0.1) is 5.69 Å². The zero-order chi connectivity index (χ0) is 13.0. The van der Waals surface area contributed by atoms with Gasteiger partial charge in [-0.3, -0.25) is 4.98 Å². The summed E-state index contributed by atoms with van der Waals surface area (Å²) in [6.07, 6.45) is 8.60. The van der Waals surface area contributed by atoms with Crippen LogP contribution in [0, 0.1) is 5.92 Å². The minimum atomic E-state index is 0.668. The fourth-order valence-electron chi connectivity index (χ4n) is 2.77. The molecule has 100 valence electrons. The molecule has 1 aliphatic carbocycles. The number of nitrogens with one attached hydrogen (secondary N) is 1. The SMILES string of the molecule is CCC1CCCCC1NCc1ncc(Br)cc1Br. The summed E-state index contributed by atoms with van der Waals surface area (Å²) < 4.78 is 2.09. The number of hydrogen-bond acceptors (Lipinski definition) is 2. The van der Waals surface area contributed by atoms with Crippen molar-refractivity contribution in [1.29, 1.82) is 0 Å². The molecule has 1 saturated carbocycles. The van der Waals surface area contributed by atoms with Gasteiger partial charge in [0.2, 0.25) is 0 Å². The molecular formula is C14H20Br2N2. The molecule has 0 spiro atoms. The first kappa shape index (κ1) is 14.5. The van der Waals surface area contributed by atoms with Gasteiger partial charge in [-0.05, 0) is 56.7 Å². The van der Waals surface area contributed by atoms with E-state index in [1.807, 2.05) is 6.20 Å². The van der Waals surface area contributed by atoms with Gasteiger partial charge >= 0.3 is 0 Å². The maximum Gasteiger partial charge on any atom is 0.0684 e. The molecule has 0 aromatic carbocycles. The van der Waals surface area contributed by atoms with Gasteiger partial charge in [-0.1, -0.05) is 26.2 Å². The summed E-state index contributed by atoms with van der Waals surface area (Å²) in [5.41, 5.74) is 1.10. The van der Waals surface area contributed by atoms with Crippen molar-refractivity contribution in [2.45, 2.75) is 51.6 Å². The zero-order valence-corrected chi connectivity index (χ0v) is 13.9. The predicted octanol–water partition coefficient (Wildman–Crippen LogP) is 4.67. The van der Waals surface area contributed by atoms with Crippen molar-refractivity contribution in [2.75, 3.05) is 0 Å². The Morgan fingerprint density at radius 2 is 2.11 bits per heavy atom. The lowest BCUT2D eigenvalue weighted by molar-refractivity contribution is 0.253. The van der Waals surface area contributed by atoms with Gasteiger partial charge in [-0.25, -0.2) is 0 Å². The first-order chi connectivity index (χ1) is 8.70. The van der Waals surface area contributed by atoms with E-state index < -0.39 is 0 Å². The number of nitrogens with zero attached hydrogens (tertiary/aromatic N) is 1. The first-order valence-corrected chi connectivity index (χ1v) is 8.32. The van der Waals surface area contributed by atoms with Gasteiger partial charge in [0.25, 0.3) is 0 Å². The Bertz CT molecular complexity index is 395. The van der Waals surface area contributed by atoms with E-state index >= 15 is 0 Å². The minimum absolute atomic E-state index is 0.668. The van der Waals surface area contributed by atoms with Crippen LogP contribution in [0.3, 0.4) is 0 Å². The Labute approximate surface area is 126 Å². The van der Waals surface area contributed by atoms with E-state index in [2.05, 4.69) is 55.2 Å². The molecule has 0 amide bonds. The smallest absolute Gasteiger partial charge is 0.0684 e. The Kier molecular flexibility index (Phi) is 5.64. The van der Waals surface area contributed by atoms with E-state index in [1.165, 1.54) is 32.1 Å². The number of hydrogen-bond donors (Lipinski definition) is 1. The molecule has 0 bridgehead atoms. The molecule has 0 aliphatic heterocycles. The molecule has 18 heavy (non-hydrogen) atoms. The molecular weight excluding hydrogens is 356 g/mol. The summed E-state index contributed by atoms with van der Waals surface area (Å²) in [5, 5.41) is 3.69. The van der Waals surface area contributed by atoms with E-state index in [-0.39, 0.29) is 0 Å². The molecule has 2 nitrogen and oxygen atoms in total. The normalized spacial score (nSPS) is 24.2. The van der Waals surface area contributed by atoms with Gasteiger partial charge in [0.1, 0.15) is 0 Å². The third-order valence-corrected chi connectivity index (χ3v) is 4.97. The maximum absolute atomic E-state index is 4.46.